The molecule has 20 heavy (non-hydrogen) atoms. The molecule has 6 nitrogen and oxygen atoms in total. The molecular weight excluding hydrogens is 278 g/mol. The van der Waals surface area contributed by atoms with Crippen LogP contribution in [0, 0.1) is 5.92 Å². The number of carbonyl (C=O) groups is 2. The van der Waals surface area contributed by atoms with Crippen LogP contribution < -0.4 is 10.6 Å². The van der Waals surface area contributed by atoms with Crippen LogP contribution in [0.4, 0.5) is 9.93 Å². The molecule has 0 aliphatic carbocycles. The molecule has 112 valence electrons. The third-order valence-corrected chi connectivity index (χ3v) is 2.97. The average molecular weight is 299 g/mol. The van der Waals surface area contributed by atoms with Gasteiger partial charge in [0.2, 0.25) is 5.91 Å². The van der Waals surface area contributed by atoms with E-state index in [2.05, 4.69) is 15.6 Å². The van der Waals surface area contributed by atoms with Gasteiger partial charge in [-0.2, -0.15) is 0 Å². The van der Waals surface area contributed by atoms with E-state index in [0.717, 1.165) is 0 Å². The molecule has 0 aliphatic rings. The van der Waals surface area contributed by atoms with Crippen molar-refractivity contribution in [3.05, 3.63) is 11.6 Å². The first-order valence-electron chi connectivity index (χ1n) is 6.39. The first kappa shape index (κ1) is 16.4. The Balaban J connectivity index is 2.64. The fraction of sp³-hybridized carbons (Fsp3) is 0.615. The van der Waals surface area contributed by atoms with Gasteiger partial charge in [-0.1, -0.05) is 13.8 Å². The first-order chi connectivity index (χ1) is 9.19. The van der Waals surface area contributed by atoms with Crippen molar-refractivity contribution in [2.45, 2.75) is 46.3 Å². The highest BCUT2D eigenvalue weighted by molar-refractivity contribution is 7.13. The number of thiazole rings is 1. The highest BCUT2D eigenvalue weighted by atomic mass is 32.1. The SMILES string of the molecule is CC(C)[C@H](NC(=O)OC(C)(C)C)C(=O)Nc1nccs1. The van der Waals surface area contributed by atoms with E-state index in [4.69, 9.17) is 4.74 Å². The van der Waals surface area contributed by atoms with Crippen molar-refractivity contribution in [1.29, 1.82) is 0 Å². The van der Waals surface area contributed by atoms with E-state index in [1.54, 1.807) is 32.3 Å². The molecule has 0 fully saturated rings. The van der Waals surface area contributed by atoms with E-state index < -0.39 is 17.7 Å². The number of carbonyl (C=O) groups excluding carboxylic acids is 2. The lowest BCUT2D eigenvalue weighted by molar-refractivity contribution is -0.119. The number of hydrogen-bond acceptors (Lipinski definition) is 5. The molecular formula is C13H21N3O3S. The summed E-state index contributed by atoms with van der Waals surface area (Å²) < 4.78 is 5.16. The van der Waals surface area contributed by atoms with Gasteiger partial charge in [-0.05, 0) is 26.7 Å². The molecule has 0 aliphatic heterocycles. The van der Waals surface area contributed by atoms with Crippen LogP contribution in [0.5, 0.6) is 0 Å². The number of hydrogen-bond donors (Lipinski definition) is 2. The van der Waals surface area contributed by atoms with Crippen molar-refractivity contribution in [1.82, 2.24) is 10.3 Å². The molecule has 0 bridgehead atoms. The van der Waals surface area contributed by atoms with E-state index >= 15 is 0 Å². The summed E-state index contributed by atoms with van der Waals surface area (Å²) in [5.41, 5.74) is -0.600. The highest BCUT2D eigenvalue weighted by Crippen LogP contribution is 2.13. The molecule has 0 unspecified atom stereocenters. The Labute approximate surface area is 122 Å². The molecule has 7 heteroatoms. The van der Waals surface area contributed by atoms with Crippen molar-refractivity contribution in [2.24, 2.45) is 5.92 Å². The highest BCUT2D eigenvalue weighted by Gasteiger charge is 2.27. The maximum Gasteiger partial charge on any atom is 0.408 e. The standard InChI is InChI=1S/C13H21N3O3S/c1-8(2)9(15-12(18)19-13(3,4)5)10(17)16-11-14-6-7-20-11/h6-9H,1-5H3,(H,15,18)(H,14,16,17)/t9-/m0/s1. The van der Waals surface area contributed by atoms with Gasteiger partial charge in [0.05, 0.1) is 0 Å². The van der Waals surface area contributed by atoms with Gasteiger partial charge in [0.25, 0.3) is 0 Å². The lowest BCUT2D eigenvalue weighted by Gasteiger charge is -2.24. The lowest BCUT2D eigenvalue weighted by Crippen LogP contribution is -2.48. The molecule has 1 aromatic heterocycles. The monoisotopic (exact) mass is 299 g/mol. The topological polar surface area (TPSA) is 80.3 Å². The minimum atomic E-state index is -0.672. The number of anilines is 1. The molecule has 1 heterocycles. The molecule has 0 saturated heterocycles. The third-order valence-electron chi connectivity index (χ3n) is 2.28. The molecule has 0 radical (unpaired) electrons. The van der Waals surface area contributed by atoms with Gasteiger partial charge in [-0.15, -0.1) is 11.3 Å². The normalized spacial score (nSPS) is 12.9. The summed E-state index contributed by atoms with van der Waals surface area (Å²) in [5.74, 6) is -0.372. The summed E-state index contributed by atoms with van der Waals surface area (Å²) in [6, 6.07) is -0.672. The van der Waals surface area contributed by atoms with Gasteiger partial charge in [0.1, 0.15) is 11.6 Å². The van der Waals surface area contributed by atoms with E-state index in [1.807, 2.05) is 13.8 Å². The number of ether oxygens (including phenoxy) is 1. The number of rotatable bonds is 4. The van der Waals surface area contributed by atoms with Crippen LogP contribution in [0.2, 0.25) is 0 Å². The summed E-state index contributed by atoms with van der Waals surface area (Å²) in [7, 11) is 0. The Bertz CT molecular complexity index is 452. The van der Waals surface area contributed by atoms with Gasteiger partial charge in [0.15, 0.2) is 5.13 Å². The maximum absolute atomic E-state index is 12.1. The van der Waals surface area contributed by atoms with Crippen molar-refractivity contribution < 1.29 is 14.3 Å². The summed E-state index contributed by atoms with van der Waals surface area (Å²) in [6.07, 6.45) is 0.997. The molecule has 2 N–H and O–H groups in total. The molecule has 1 rings (SSSR count). The smallest absolute Gasteiger partial charge is 0.408 e. The Morgan fingerprint density at radius 2 is 2.00 bits per heavy atom. The molecule has 0 aromatic carbocycles. The summed E-state index contributed by atoms with van der Waals surface area (Å²) in [5, 5.41) is 7.53. The van der Waals surface area contributed by atoms with Gasteiger partial charge in [-0.25, -0.2) is 9.78 Å². The number of nitrogens with zero attached hydrogens (tertiary/aromatic N) is 1. The largest absolute Gasteiger partial charge is 0.444 e. The second-order valence-corrected chi connectivity index (χ2v) is 6.59. The Hall–Kier alpha value is -1.63. The van der Waals surface area contributed by atoms with Crippen LogP contribution in [0.1, 0.15) is 34.6 Å². The number of amides is 2. The minimum Gasteiger partial charge on any atom is -0.444 e. The Morgan fingerprint density at radius 3 is 2.45 bits per heavy atom. The first-order valence-corrected chi connectivity index (χ1v) is 7.27. The van der Waals surface area contributed by atoms with Gasteiger partial charge in [0, 0.05) is 11.6 Å². The molecule has 2 amide bonds. The fourth-order valence-electron chi connectivity index (χ4n) is 1.44. The van der Waals surface area contributed by atoms with E-state index in [9.17, 15) is 9.59 Å². The molecule has 1 aromatic rings. The lowest BCUT2D eigenvalue weighted by atomic mass is 10.0. The zero-order chi connectivity index (χ0) is 15.3. The van der Waals surface area contributed by atoms with Crippen LogP contribution in [-0.2, 0) is 9.53 Å². The fourth-order valence-corrected chi connectivity index (χ4v) is 1.97. The predicted molar refractivity (Wildman–Crippen MR) is 78.7 cm³/mol. The van der Waals surface area contributed by atoms with E-state index in [1.165, 1.54) is 11.3 Å². The Morgan fingerprint density at radius 1 is 1.35 bits per heavy atom. The number of alkyl carbamates (subject to hydrolysis) is 1. The van der Waals surface area contributed by atoms with Crippen LogP contribution in [-0.4, -0.2) is 28.6 Å². The van der Waals surface area contributed by atoms with Gasteiger partial charge < -0.3 is 15.4 Å². The average Bonchev–Trinajstić information content (AvgIpc) is 2.75. The van der Waals surface area contributed by atoms with Crippen molar-refractivity contribution in [3.63, 3.8) is 0 Å². The van der Waals surface area contributed by atoms with E-state index in [0.29, 0.717) is 5.13 Å². The Kier molecular flexibility index (Phi) is 5.50. The van der Waals surface area contributed by atoms with Crippen molar-refractivity contribution in [2.75, 3.05) is 5.32 Å². The third kappa shape index (κ3) is 5.56. The zero-order valence-corrected chi connectivity index (χ0v) is 13.2. The van der Waals surface area contributed by atoms with E-state index in [-0.39, 0.29) is 11.8 Å². The molecule has 1 atom stereocenters. The second-order valence-electron chi connectivity index (χ2n) is 5.69. The number of nitrogens with one attached hydrogen (secondary N) is 2. The molecule has 0 saturated carbocycles. The van der Waals surface area contributed by atoms with Crippen LogP contribution in [0.3, 0.4) is 0 Å². The second kappa shape index (κ2) is 6.69. The van der Waals surface area contributed by atoms with Crippen LogP contribution >= 0.6 is 11.3 Å². The predicted octanol–water partition coefficient (Wildman–Crippen LogP) is 2.63. The molecule has 0 spiro atoms. The minimum absolute atomic E-state index is 0.0671. The van der Waals surface area contributed by atoms with Crippen LogP contribution in [0.25, 0.3) is 0 Å². The summed E-state index contributed by atoms with van der Waals surface area (Å²) in [4.78, 5) is 27.9. The van der Waals surface area contributed by atoms with Crippen molar-refractivity contribution >= 4 is 28.5 Å². The maximum atomic E-state index is 12.1. The van der Waals surface area contributed by atoms with Crippen LogP contribution in [0.15, 0.2) is 11.6 Å². The van der Waals surface area contributed by atoms with Crippen molar-refractivity contribution in [3.8, 4) is 0 Å². The zero-order valence-electron chi connectivity index (χ0n) is 12.4. The number of aromatic nitrogens is 1. The summed E-state index contributed by atoms with van der Waals surface area (Å²) >= 11 is 1.32. The van der Waals surface area contributed by atoms with Gasteiger partial charge in [-0.3, -0.25) is 4.79 Å². The van der Waals surface area contributed by atoms with Gasteiger partial charge >= 0.3 is 6.09 Å². The summed E-state index contributed by atoms with van der Waals surface area (Å²) in [6.45, 7) is 9.01. The quantitative estimate of drug-likeness (QED) is 0.895.